The van der Waals surface area contributed by atoms with Crippen molar-refractivity contribution in [2.24, 2.45) is 0 Å². The van der Waals surface area contributed by atoms with Crippen LogP contribution in [-0.2, 0) is 29.4 Å². The number of oxazole rings is 1. The van der Waals surface area contributed by atoms with Crippen molar-refractivity contribution in [2.45, 2.75) is 71.1 Å². The molecule has 0 saturated carbocycles. The van der Waals surface area contributed by atoms with E-state index < -0.39 is 28.1 Å². The van der Waals surface area contributed by atoms with E-state index in [-0.39, 0.29) is 18.3 Å². The number of carbonyl (C=O) groups is 1. The Kier molecular flexibility index (Phi) is 12.6. The molecule has 0 spiro atoms. The van der Waals surface area contributed by atoms with Crippen LogP contribution in [0.5, 0.6) is 5.75 Å². The lowest BCUT2D eigenvalue weighted by molar-refractivity contribution is 0.0824. The molecule has 0 saturated heterocycles. The number of nitrogens with zero attached hydrogens (tertiary/aromatic N) is 1. The molecule has 1 aromatic heterocycles. The zero-order chi connectivity index (χ0) is 29.7. The third kappa shape index (κ3) is 11.2. The quantitative estimate of drug-likeness (QED) is 0.164. The normalized spacial score (nSPS) is 13.0. The SMILES string of the molecule is CCCCCCOc1ccccc1C[C@H](NC(=O)c1coc(NS(C)(=O)=O)n1)[C@H](O)CNCc1cccc(CC)c1. The van der Waals surface area contributed by atoms with Crippen molar-refractivity contribution in [3.05, 3.63) is 77.2 Å². The number of unbranched alkanes of at least 4 members (excludes halogenated alkanes) is 3. The molecule has 0 fully saturated rings. The minimum absolute atomic E-state index is 0.113. The number of rotatable bonds is 18. The summed E-state index contributed by atoms with van der Waals surface area (Å²) < 4.78 is 36.2. The number of benzene rings is 2. The molecule has 0 aliphatic rings. The van der Waals surface area contributed by atoms with Crippen molar-refractivity contribution in [3.8, 4) is 5.75 Å². The van der Waals surface area contributed by atoms with Gasteiger partial charge in [0.2, 0.25) is 10.0 Å². The summed E-state index contributed by atoms with van der Waals surface area (Å²) in [6.07, 6.45) is 6.66. The lowest BCUT2D eigenvalue weighted by atomic mass is 9.99. The van der Waals surface area contributed by atoms with Gasteiger partial charge in [-0.2, -0.15) is 4.98 Å². The number of hydrogen-bond acceptors (Lipinski definition) is 8. The van der Waals surface area contributed by atoms with Crippen molar-refractivity contribution < 1.29 is 27.5 Å². The van der Waals surface area contributed by atoms with Crippen molar-refractivity contribution in [1.29, 1.82) is 0 Å². The van der Waals surface area contributed by atoms with Gasteiger partial charge in [0.05, 0.1) is 25.0 Å². The maximum absolute atomic E-state index is 13.1. The van der Waals surface area contributed by atoms with Crippen molar-refractivity contribution in [1.82, 2.24) is 15.6 Å². The number of ether oxygens (including phenoxy) is 1. The molecule has 3 rings (SSSR count). The fraction of sp³-hybridized carbons (Fsp3) is 0.467. The van der Waals surface area contributed by atoms with Crippen molar-refractivity contribution in [3.63, 3.8) is 0 Å². The van der Waals surface area contributed by atoms with E-state index in [9.17, 15) is 18.3 Å². The third-order valence-electron chi connectivity index (χ3n) is 6.54. The molecule has 1 amide bonds. The van der Waals surface area contributed by atoms with E-state index in [2.05, 4.69) is 46.3 Å². The van der Waals surface area contributed by atoms with Gasteiger partial charge in [0.1, 0.15) is 12.0 Å². The number of carbonyl (C=O) groups excluding carboxylic acids is 1. The summed E-state index contributed by atoms with van der Waals surface area (Å²) >= 11 is 0. The topological polar surface area (TPSA) is 143 Å². The molecule has 1 heterocycles. The summed E-state index contributed by atoms with van der Waals surface area (Å²) in [5.41, 5.74) is 3.08. The molecule has 0 bridgehead atoms. The number of aliphatic hydroxyl groups excluding tert-OH is 1. The van der Waals surface area contributed by atoms with Crippen LogP contribution < -0.4 is 20.1 Å². The van der Waals surface area contributed by atoms with Crippen LogP contribution in [0.15, 0.2) is 59.2 Å². The summed E-state index contributed by atoms with van der Waals surface area (Å²) in [5.74, 6) is 0.105. The predicted molar refractivity (Wildman–Crippen MR) is 160 cm³/mol. The van der Waals surface area contributed by atoms with Crippen LogP contribution in [0, 0.1) is 0 Å². The highest BCUT2D eigenvalue weighted by Gasteiger charge is 2.25. The van der Waals surface area contributed by atoms with Crippen LogP contribution in [0.2, 0.25) is 0 Å². The summed E-state index contributed by atoms with van der Waals surface area (Å²) in [6.45, 7) is 5.64. The first-order valence-corrected chi connectivity index (χ1v) is 16.0. The Bertz CT molecular complexity index is 1340. The first-order valence-electron chi connectivity index (χ1n) is 14.1. The number of aliphatic hydroxyl groups is 1. The van der Waals surface area contributed by atoms with E-state index in [0.717, 1.165) is 55.7 Å². The first-order chi connectivity index (χ1) is 19.7. The highest BCUT2D eigenvalue weighted by Crippen LogP contribution is 2.22. The van der Waals surface area contributed by atoms with Crippen molar-refractivity contribution >= 4 is 21.9 Å². The highest BCUT2D eigenvalue weighted by atomic mass is 32.2. The van der Waals surface area contributed by atoms with Gasteiger partial charge < -0.3 is 24.9 Å². The lowest BCUT2D eigenvalue weighted by Gasteiger charge is -2.25. The molecule has 224 valence electrons. The summed E-state index contributed by atoms with van der Waals surface area (Å²) in [7, 11) is -3.62. The standard InChI is InChI=1S/C30H42N4O6S/c1-4-6-7-10-16-39-28-15-9-8-14-24(28)18-25(27(35)20-31-19-23-13-11-12-22(5-2)17-23)32-29(36)26-21-40-30(33-26)34-41(3,37)38/h8-9,11-15,17,21,25,27,31,35H,4-7,10,16,18-20H2,1-3H3,(H,32,36)(H,33,34)/t25-,27+/m0/s1. The maximum Gasteiger partial charge on any atom is 0.309 e. The zero-order valence-corrected chi connectivity index (χ0v) is 24.9. The molecule has 3 aromatic rings. The van der Waals surface area contributed by atoms with Crippen LogP contribution in [0.1, 0.15) is 66.7 Å². The van der Waals surface area contributed by atoms with Gasteiger partial charge in [0, 0.05) is 13.1 Å². The molecule has 2 atom stereocenters. The number of nitrogens with one attached hydrogen (secondary N) is 3. The Balaban J connectivity index is 1.72. The van der Waals surface area contributed by atoms with Crippen LogP contribution in [0.25, 0.3) is 0 Å². The minimum Gasteiger partial charge on any atom is -0.493 e. The Morgan fingerprint density at radius 3 is 2.61 bits per heavy atom. The summed E-state index contributed by atoms with van der Waals surface area (Å²) in [5, 5.41) is 17.4. The van der Waals surface area contributed by atoms with Crippen molar-refractivity contribution in [2.75, 3.05) is 24.1 Å². The second kappa shape index (κ2) is 16.1. The molecule has 41 heavy (non-hydrogen) atoms. The Hall–Kier alpha value is -3.41. The average molecular weight is 587 g/mol. The van der Waals surface area contributed by atoms with E-state index in [1.54, 1.807) is 0 Å². The maximum atomic E-state index is 13.1. The molecule has 11 heteroatoms. The molecule has 0 aliphatic carbocycles. The smallest absolute Gasteiger partial charge is 0.309 e. The van der Waals surface area contributed by atoms with E-state index >= 15 is 0 Å². The van der Waals surface area contributed by atoms with Gasteiger partial charge in [-0.05, 0) is 42.0 Å². The second-order valence-electron chi connectivity index (χ2n) is 10.1. The zero-order valence-electron chi connectivity index (χ0n) is 24.1. The van der Waals surface area contributed by atoms with Gasteiger partial charge in [0.15, 0.2) is 5.69 Å². The van der Waals surface area contributed by atoms with Gasteiger partial charge in [-0.15, -0.1) is 0 Å². The van der Waals surface area contributed by atoms with E-state index in [0.29, 0.717) is 25.3 Å². The Morgan fingerprint density at radius 1 is 1.07 bits per heavy atom. The third-order valence-corrected chi connectivity index (χ3v) is 7.09. The lowest BCUT2D eigenvalue weighted by Crippen LogP contribution is -2.48. The fourth-order valence-electron chi connectivity index (χ4n) is 4.34. The molecule has 0 unspecified atom stereocenters. The number of para-hydroxylation sites is 1. The van der Waals surface area contributed by atoms with E-state index in [4.69, 9.17) is 9.15 Å². The van der Waals surface area contributed by atoms with Crippen LogP contribution in [0.4, 0.5) is 6.01 Å². The number of hydrogen-bond donors (Lipinski definition) is 4. The minimum atomic E-state index is -3.62. The van der Waals surface area contributed by atoms with Gasteiger partial charge in [0.25, 0.3) is 5.91 Å². The number of sulfonamides is 1. The molecular formula is C30H42N4O6S. The number of aromatic nitrogens is 1. The highest BCUT2D eigenvalue weighted by molar-refractivity contribution is 7.91. The van der Waals surface area contributed by atoms with E-state index in [1.807, 2.05) is 36.4 Å². The molecular weight excluding hydrogens is 544 g/mol. The first kappa shape index (κ1) is 32.1. The predicted octanol–water partition coefficient (Wildman–Crippen LogP) is 4.06. The van der Waals surface area contributed by atoms with Gasteiger partial charge in [-0.25, -0.2) is 13.1 Å². The van der Waals surface area contributed by atoms with Crippen LogP contribution in [-0.4, -0.2) is 56.0 Å². The molecule has 0 radical (unpaired) electrons. The molecule has 2 aromatic carbocycles. The van der Waals surface area contributed by atoms with Gasteiger partial charge in [-0.3, -0.25) is 4.79 Å². The largest absolute Gasteiger partial charge is 0.493 e. The molecule has 4 N–H and O–H groups in total. The number of amides is 1. The average Bonchev–Trinajstić information content (AvgIpc) is 3.40. The van der Waals surface area contributed by atoms with Crippen LogP contribution >= 0.6 is 0 Å². The number of aryl methyl sites for hydroxylation is 1. The second-order valence-corrected chi connectivity index (χ2v) is 11.8. The molecule has 10 nitrogen and oxygen atoms in total. The fourth-order valence-corrected chi connectivity index (χ4v) is 4.75. The number of anilines is 1. The Morgan fingerprint density at radius 2 is 1.85 bits per heavy atom. The Labute approximate surface area is 243 Å². The van der Waals surface area contributed by atoms with E-state index in [1.165, 1.54) is 5.56 Å². The summed E-state index contributed by atoms with van der Waals surface area (Å²) in [4.78, 5) is 17.0. The monoisotopic (exact) mass is 586 g/mol. The summed E-state index contributed by atoms with van der Waals surface area (Å²) in [6, 6.07) is 14.8. The van der Waals surface area contributed by atoms with Gasteiger partial charge >= 0.3 is 6.01 Å². The van der Waals surface area contributed by atoms with Crippen LogP contribution in [0.3, 0.4) is 0 Å². The van der Waals surface area contributed by atoms with Gasteiger partial charge in [-0.1, -0.05) is 75.6 Å². The molecule has 0 aliphatic heterocycles.